The van der Waals surface area contributed by atoms with E-state index in [1.807, 2.05) is 0 Å². The number of rotatable bonds is 56. The van der Waals surface area contributed by atoms with Crippen molar-refractivity contribution in [2.24, 2.45) is 0 Å². The summed E-state index contributed by atoms with van der Waals surface area (Å²) in [4.78, 5) is 38.3. The topological polar surface area (TPSA) is 78.9 Å². The first-order chi connectivity index (χ1) is 36.5. The lowest BCUT2D eigenvalue weighted by molar-refractivity contribution is -0.167. The van der Waals surface area contributed by atoms with Crippen LogP contribution in [-0.2, 0) is 28.6 Å². The highest BCUT2D eigenvalue weighted by Gasteiger charge is 2.19. The van der Waals surface area contributed by atoms with Gasteiger partial charge in [0.2, 0.25) is 0 Å². The summed E-state index contributed by atoms with van der Waals surface area (Å²) >= 11 is 0. The highest BCUT2D eigenvalue weighted by Crippen LogP contribution is 2.16. The van der Waals surface area contributed by atoms with Crippen molar-refractivity contribution in [2.75, 3.05) is 13.2 Å². The number of esters is 3. The molecule has 1 unspecified atom stereocenters. The number of carbonyl (C=O) groups excluding carboxylic acids is 3. The molecule has 0 aromatic rings. The smallest absolute Gasteiger partial charge is 0.306 e. The minimum Gasteiger partial charge on any atom is -0.462 e. The maximum Gasteiger partial charge on any atom is 0.306 e. The number of hydrogen-bond donors (Lipinski definition) is 0. The molecule has 424 valence electrons. The molecule has 0 radical (unpaired) electrons. The third-order valence-corrected chi connectivity index (χ3v) is 13.3. The Morgan fingerprint density at radius 2 is 0.541 bits per heavy atom. The first-order valence-corrected chi connectivity index (χ1v) is 31.2. The lowest BCUT2D eigenvalue weighted by atomic mass is 10.0. The highest BCUT2D eigenvalue weighted by molar-refractivity contribution is 5.71. The van der Waals surface area contributed by atoms with Crippen molar-refractivity contribution in [3.8, 4) is 0 Å². The molecule has 1 atom stereocenters. The number of ether oxygens (including phenoxy) is 3. The summed E-state index contributed by atoms with van der Waals surface area (Å²) in [5, 5.41) is 0. The van der Waals surface area contributed by atoms with E-state index in [-0.39, 0.29) is 37.5 Å². The molecule has 0 saturated carbocycles. The van der Waals surface area contributed by atoms with Crippen LogP contribution in [0.4, 0.5) is 0 Å². The molecule has 0 aliphatic rings. The monoisotopic (exact) mass is 1030 g/mol. The third kappa shape index (κ3) is 59.2. The maximum absolute atomic E-state index is 12.9. The third-order valence-electron chi connectivity index (χ3n) is 13.3. The minimum atomic E-state index is -0.803. The number of allylic oxidation sites excluding steroid dienone is 16. The summed E-state index contributed by atoms with van der Waals surface area (Å²) in [6, 6.07) is 0. The Bertz CT molecular complexity index is 1460. The molecule has 0 spiro atoms. The van der Waals surface area contributed by atoms with Crippen molar-refractivity contribution in [3.63, 3.8) is 0 Å². The van der Waals surface area contributed by atoms with Crippen molar-refractivity contribution in [1.29, 1.82) is 0 Å². The van der Waals surface area contributed by atoms with E-state index in [1.54, 1.807) is 0 Å². The van der Waals surface area contributed by atoms with Crippen LogP contribution in [0.2, 0.25) is 0 Å². The lowest BCUT2D eigenvalue weighted by Gasteiger charge is -2.18. The minimum absolute atomic E-state index is 0.0950. The van der Waals surface area contributed by atoms with Gasteiger partial charge in [-0.1, -0.05) is 279 Å². The Morgan fingerprint density at radius 1 is 0.284 bits per heavy atom. The Labute approximate surface area is 457 Å². The van der Waals surface area contributed by atoms with Gasteiger partial charge in [0.15, 0.2) is 6.10 Å². The van der Waals surface area contributed by atoms with Gasteiger partial charge in [0, 0.05) is 19.3 Å². The van der Waals surface area contributed by atoms with Gasteiger partial charge >= 0.3 is 17.9 Å². The molecular weight excluding hydrogens is 913 g/mol. The van der Waals surface area contributed by atoms with Gasteiger partial charge in [-0.15, -0.1) is 0 Å². The molecule has 0 saturated heterocycles. The van der Waals surface area contributed by atoms with Crippen molar-refractivity contribution < 1.29 is 28.6 Å². The van der Waals surface area contributed by atoms with Gasteiger partial charge in [-0.3, -0.25) is 14.4 Å². The molecule has 0 bridgehead atoms. The fourth-order valence-electron chi connectivity index (χ4n) is 8.66. The van der Waals surface area contributed by atoms with Crippen LogP contribution in [0.1, 0.15) is 297 Å². The second-order valence-corrected chi connectivity index (χ2v) is 20.6. The molecule has 6 heteroatoms. The Kier molecular flexibility index (Phi) is 58.8. The molecule has 0 N–H and O–H groups in total. The molecule has 0 amide bonds. The molecular formula is C68H116O6. The van der Waals surface area contributed by atoms with Crippen molar-refractivity contribution in [3.05, 3.63) is 97.2 Å². The zero-order valence-corrected chi connectivity index (χ0v) is 48.6. The predicted molar refractivity (Wildman–Crippen MR) is 320 cm³/mol. The van der Waals surface area contributed by atoms with E-state index in [9.17, 15) is 14.4 Å². The van der Waals surface area contributed by atoms with E-state index in [1.165, 1.54) is 161 Å². The fraction of sp³-hybridized carbons (Fsp3) is 0.721. The average Bonchev–Trinajstić information content (AvgIpc) is 3.40. The summed E-state index contributed by atoms with van der Waals surface area (Å²) in [5.74, 6) is -0.951. The van der Waals surface area contributed by atoms with E-state index < -0.39 is 6.10 Å². The van der Waals surface area contributed by atoms with E-state index in [4.69, 9.17) is 14.2 Å². The second-order valence-electron chi connectivity index (χ2n) is 20.6. The molecule has 74 heavy (non-hydrogen) atoms. The predicted octanol–water partition coefficient (Wildman–Crippen LogP) is 21.3. The standard InChI is InChI=1S/C68H116O6/c1-4-7-10-13-16-19-22-25-28-31-32-33-34-35-36-38-40-43-46-49-52-55-58-61-67(70)73-64-65(63-72-66(69)60-57-54-51-48-45-42-39-30-27-24-21-18-15-12-9-6-3)74-68(71)62-59-56-53-50-47-44-41-37-29-26-23-20-17-14-11-8-5-2/h7,10,16,19,25-26,28-29,32-33,35-36,40,43,49,52,65H,4-6,8-9,11-15,17-18,20-24,27,30-31,34,37-39,41-42,44-48,50-51,53-64H2,1-3H3/b10-7-,19-16-,28-25-,29-26-,33-32-,36-35-,43-40-,52-49-. The fourth-order valence-corrected chi connectivity index (χ4v) is 8.66. The van der Waals surface area contributed by atoms with Gasteiger partial charge in [-0.05, 0) is 96.3 Å². The van der Waals surface area contributed by atoms with Gasteiger partial charge in [-0.2, -0.15) is 0 Å². The van der Waals surface area contributed by atoms with Crippen LogP contribution in [0.5, 0.6) is 0 Å². The zero-order chi connectivity index (χ0) is 53.6. The zero-order valence-electron chi connectivity index (χ0n) is 48.6. The Hall–Kier alpha value is -3.67. The second kappa shape index (κ2) is 61.9. The first-order valence-electron chi connectivity index (χ1n) is 31.2. The number of carbonyl (C=O) groups is 3. The molecule has 0 rings (SSSR count). The Morgan fingerprint density at radius 3 is 0.892 bits per heavy atom. The molecule has 0 aliphatic heterocycles. The molecule has 0 fully saturated rings. The summed E-state index contributed by atoms with van der Waals surface area (Å²) in [6.45, 7) is 6.50. The Balaban J connectivity index is 4.47. The molecule has 0 aromatic carbocycles. The van der Waals surface area contributed by atoms with Gasteiger partial charge in [0.25, 0.3) is 0 Å². The van der Waals surface area contributed by atoms with Crippen molar-refractivity contribution in [1.82, 2.24) is 0 Å². The largest absolute Gasteiger partial charge is 0.462 e. The van der Waals surface area contributed by atoms with E-state index in [0.29, 0.717) is 19.3 Å². The summed E-state index contributed by atoms with van der Waals surface area (Å²) in [5.41, 5.74) is 0. The van der Waals surface area contributed by atoms with Gasteiger partial charge in [-0.25, -0.2) is 0 Å². The quantitative estimate of drug-likeness (QED) is 0.0261. The maximum atomic E-state index is 12.9. The van der Waals surface area contributed by atoms with Crippen LogP contribution >= 0.6 is 0 Å². The molecule has 0 aliphatic carbocycles. The number of hydrogen-bond acceptors (Lipinski definition) is 6. The van der Waals surface area contributed by atoms with Crippen LogP contribution in [0.25, 0.3) is 0 Å². The molecule has 0 heterocycles. The number of unbranched alkanes of at least 4 members (excludes halogenated alkanes) is 29. The summed E-state index contributed by atoms with van der Waals surface area (Å²) in [6.07, 6.45) is 82.6. The first kappa shape index (κ1) is 70.3. The van der Waals surface area contributed by atoms with Crippen LogP contribution < -0.4 is 0 Å². The van der Waals surface area contributed by atoms with Crippen LogP contribution in [0.3, 0.4) is 0 Å². The van der Waals surface area contributed by atoms with Crippen LogP contribution in [-0.4, -0.2) is 37.2 Å². The van der Waals surface area contributed by atoms with Gasteiger partial charge in [0.1, 0.15) is 13.2 Å². The molecule has 6 nitrogen and oxygen atoms in total. The van der Waals surface area contributed by atoms with Gasteiger partial charge < -0.3 is 14.2 Å². The molecule has 0 aromatic heterocycles. The normalized spacial score (nSPS) is 12.7. The van der Waals surface area contributed by atoms with E-state index in [2.05, 4.69) is 118 Å². The lowest BCUT2D eigenvalue weighted by Crippen LogP contribution is -2.30. The van der Waals surface area contributed by atoms with E-state index >= 15 is 0 Å². The summed E-state index contributed by atoms with van der Waals surface area (Å²) < 4.78 is 16.9. The van der Waals surface area contributed by atoms with Crippen LogP contribution in [0, 0.1) is 0 Å². The SMILES string of the molecule is CC/C=C\C/C=C\C/C=C\C/C=C\C/C=C\C/C=C\C/C=C\CCCC(=O)OCC(COC(=O)CCCCCCCCCCCCCCCCCC)OC(=O)CCCCCCCCC/C=C\CCCCCCCC. The van der Waals surface area contributed by atoms with Crippen molar-refractivity contribution >= 4 is 17.9 Å². The van der Waals surface area contributed by atoms with Crippen molar-refractivity contribution in [2.45, 2.75) is 303 Å². The van der Waals surface area contributed by atoms with Crippen LogP contribution in [0.15, 0.2) is 97.2 Å². The van der Waals surface area contributed by atoms with Gasteiger partial charge in [0.05, 0.1) is 0 Å². The van der Waals surface area contributed by atoms with E-state index in [0.717, 1.165) is 89.9 Å². The summed E-state index contributed by atoms with van der Waals surface area (Å²) in [7, 11) is 0. The average molecular weight is 1030 g/mol. The highest BCUT2D eigenvalue weighted by atomic mass is 16.6.